The van der Waals surface area contributed by atoms with E-state index in [0.29, 0.717) is 0 Å². The van der Waals surface area contributed by atoms with E-state index in [1.165, 1.54) is 15.0 Å². The third kappa shape index (κ3) is 3.18. The molecule has 1 aliphatic rings. The number of H-pyrrole nitrogens is 2. The molecule has 0 fully saturated rings. The van der Waals surface area contributed by atoms with Crippen molar-refractivity contribution < 1.29 is 10.0 Å². The van der Waals surface area contributed by atoms with Crippen molar-refractivity contribution in [2.45, 2.75) is 25.9 Å². The zero-order valence-electron chi connectivity index (χ0n) is 17.3. The third-order valence-electron chi connectivity index (χ3n) is 6.37. The molecule has 5 rings (SSSR count). The Balaban J connectivity index is 1.71. The van der Waals surface area contributed by atoms with E-state index in [1.54, 1.807) is 0 Å². The van der Waals surface area contributed by atoms with Crippen LogP contribution in [0.3, 0.4) is 0 Å². The van der Waals surface area contributed by atoms with Crippen LogP contribution in [0.15, 0.2) is 64.2 Å². The molecule has 0 saturated heterocycles. The van der Waals surface area contributed by atoms with Gasteiger partial charge in [0.1, 0.15) is 5.56 Å². The van der Waals surface area contributed by atoms with Crippen LogP contribution in [0.1, 0.15) is 35.3 Å². The molecular weight excluding hydrogens is 392 g/mol. The Bertz CT molecular complexity index is 1370. The third-order valence-corrected chi connectivity index (χ3v) is 6.37. The maximum atomic E-state index is 13.0. The Hall–Kier alpha value is -3.58. The first kappa shape index (κ1) is 19.4. The molecule has 0 amide bonds. The second-order valence-corrected chi connectivity index (χ2v) is 8.08. The lowest BCUT2D eigenvalue weighted by molar-refractivity contribution is -0.926. The summed E-state index contributed by atoms with van der Waals surface area (Å²) in [7, 11) is 0. The van der Waals surface area contributed by atoms with E-state index < -0.39 is 11.2 Å². The Labute approximate surface area is 178 Å². The largest absolute Gasteiger partial charge is 0.494 e. The van der Waals surface area contributed by atoms with E-state index in [2.05, 4.69) is 23.0 Å². The number of hydrogen-bond donors (Lipinski definition) is 4. The van der Waals surface area contributed by atoms with Crippen LogP contribution in [0.2, 0.25) is 0 Å². The molecule has 1 unspecified atom stereocenters. The van der Waals surface area contributed by atoms with Crippen LogP contribution in [0.25, 0.3) is 10.9 Å². The molecule has 4 aromatic rings. The lowest BCUT2D eigenvalue weighted by Crippen LogP contribution is -3.13. The highest BCUT2D eigenvalue weighted by Gasteiger charge is 2.38. The van der Waals surface area contributed by atoms with Crippen LogP contribution in [0.4, 0.5) is 0 Å². The fraction of sp³-hybridized carbons (Fsp3) is 0.250. The molecule has 0 bridgehead atoms. The summed E-state index contributed by atoms with van der Waals surface area (Å²) in [6.07, 6.45) is 0.890. The van der Waals surface area contributed by atoms with E-state index in [1.807, 2.05) is 48.5 Å². The summed E-state index contributed by atoms with van der Waals surface area (Å²) in [4.78, 5) is 32.7. The number of fused-ring (bicyclic) bond motifs is 3. The summed E-state index contributed by atoms with van der Waals surface area (Å²) >= 11 is 0. The van der Waals surface area contributed by atoms with Crippen LogP contribution in [0, 0.1) is 0 Å². The molecule has 2 atom stereocenters. The molecule has 0 aliphatic carbocycles. The monoisotopic (exact) mass is 417 g/mol. The molecule has 0 saturated carbocycles. The molecule has 0 spiro atoms. The second-order valence-electron chi connectivity index (χ2n) is 8.08. The average Bonchev–Trinajstić information content (AvgIpc) is 3.16. The number of aromatic amines is 2. The van der Waals surface area contributed by atoms with Crippen LogP contribution in [-0.2, 0) is 13.0 Å². The van der Waals surface area contributed by atoms with Gasteiger partial charge >= 0.3 is 5.69 Å². The summed E-state index contributed by atoms with van der Waals surface area (Å²) in [5, 5.41) is 12.3. The predicted molar refractivity (Wildman–Crippen MR) is 119 cm³/mol. The van der Waals surface area contributed by atoms with Crippen molar-refractivity contribution in [2.24, 2.45) is 0 Å². The van der Waals surface area contributed by atoms with E-state index in [0.717, 1.165) is 41.7 Å². The Morgan fingerprint density at radius 3 is 2.58 bits per heavy atom. The predicted octanol–water partition coefficient (Wildman–Crippen LogP) is 1.32. The summed E-state index contributed by atoms with van der Waals surface area (Å²) < 4.78 is 1.25. The summed E-state index contributed by atoms with van der Waals surface area (Å²) in [6.45, 7) is 3.88. The van der Waals surface area contributed by atoms with E-state index in [9.17, 15) is 14.7 Å². The van der Waals surface area contributed by atoms with Gasteiger partial charge < -0.3 is 15.0 Å². The minimum atomic E-state index is -0.610. The van der Waals surface area contributed by atoms with Gasteiger partial charge in [0.25, 0.3) is 5.56 Å². The molecule has 2 aromatic heterocycles. The van der Waals surface area contributed by atoms with Crippen molar-refractivity contribution in [3.05, 3.63) is 97.8 Å². The van der Waals surface area contributed by atoms with Gasteiger partial charge in [-0.15, -0.1) is 0 Å². The normalized spacial score (nSPS) is 18.2. The van der Waals surface area contributed by atoms with Gasteiger partial charge in [-0.3, -0.25) is 14.3 Å². The van der Waals surface area contributed by atoms with Gasteiger partial charge in [0, 0.05) is 17.3 Å². The maximum Gasteiger partial charge on any atom is 0.331 e. The summed E-state index contributed by atoms with van der Waals surface area (Å²) in [5.74, 6) is -0.264. The smallest absolute Gasteiger partial charge is 0.331 e. The molecule has 158 valence electrons. The lowest BCUT2D eigenvalue weighted by atomic mass is 9.93. The van der Waals surface area contributed by atoms with Gasteiger partial charge in [0.05, 0.1) is 25.3 Å². The van der Waals surface area contributed by atoms with Crippen LogP contribution in [-0.4, -0.2) is 32.7 Å². The van der Waals surface area contributed by atoms with Gasteiger partial charge in [0.2, 0.25) is 5.88 Å². The molecular formula is C24H25N4O3+. The van der Waals surface area contributed by atoms with Crippen molar-refractivity contribution in [2.75, 3.05) is 13.1 Å². The van der Waals surface area contributed by atoms with Gasteiger partial charge in [-0.25, -0.2) is 4.79 Å². The highest BCUT2D eigenvalue weighted by molar-refractivity contribution is 5.85. The zero-order valence-corrected chi connectivity index (χ0v) is 17.3. The fourth-order valence-corrected chi connectivity index (χ4v) is 4.85. The number of hydrogen-bond acceptors (Lipinski definition) is 3. The number of likely N-dealkylation sites (N-methyl/N-ethyl adjacent to an activating group) is 1. The number of nitrogens with zero attached hydrogens (tertiary/aromatic N) is 1. The van der Waals surface area contributed by atoms with Crippen LogP contribution < -0.4 is 16.1 Å². The van der Waals surface area contributed by atoms with Gasteiger partial charge in [0.15, 0.2) is 6.04 Å². The number of aromatic hydroxyl groups is 1. The Morgan fingerprint density at radius 2 is 1.81 bits per heavy atom. The summed E-state index contributed by atoms with van der Waals surface area (Å²) in [5.41, 5.74) is 3.10. The molecule has 7 nitrogen and oxygen atoms in total. The van der Waals surface area contributed by atoms with Crippen LogP contribution in [0.5, 0.6) is 5.88 Å². The molecule has 2 aromatic carbocycles. The van der Waals surface area contributed by atoms with E-state index in [4.69, 9.17) is 0 Å². The first-order chi connectivity index (χ1) is 15.1. The highest BCUT2D eigenvalue weighted by Crippen LogP contribution is 2.32. The SMILES string of the molecule is CC[NH+]1CCc2c([nH]c3ccccc23)[C@H]1c1c(O)n(Cc2ccccc2)c(=O)[nH]c1=O. The van der Waals surface area contributed by atoms with Gasteiger partial charge in [-0.2, -0.15) is 0 Å². The maximum absolute atomic E-state index is 13.0. The second kappa shape index (κ2) is 7.59. The number of aromatic nitrogens is 3. The number of para-hydroxylation sites is 1. The fourth-order valence-electron chi connectivity index (χ4n) is 4.85. The van der Waals surface area contributed by atoms with Crippen molar-refractivity contribution in [3.63, 3.8) is 0 Å². The molecule has 4 N–H and O–H groups in total. The standard InChI is InChI=1S/C24H24N4O3/c1-2-27-13-12-17-16-10-6-7-11-18(16)25-20(17)21(27)19-22(29)26-24(31)28(23(19)30)14-15-8-4-3-5-9-15/h3-11,21,25,30H,2,12-14H2,1H3,(H,26,29,31)/p+1/t21-/m1/s1. The highest BCUT2D eigenvalue weighted by atomic mass is 16.3. The van der Waals surface area contributed by atoms with Crippen molar-refractivity contribution >= 4 is 10.9 Å². The first-order valence-corrected chi connectivity index (χ1v) is 10.6. The van der Waals surface area contributed by atoms with Crippen molar-refractivity contribution in [3.8, 4) is 5.88 Å². The first-order valence-electron chi connectivity index (χ1n) is 10.6. The molecule has 7 heteroatoms. The topological polar surface area (TPSA) is 95.3 Å². The molecule has 0 radical (unpaired) electrons. The van der Waals surface area contributed by atoms with E-state index >= 15 is 0 Å². The lowest BCUT2D eigenvalue weighted by Gasteiger charge is -2.32. The Morgan fingerprint density at radius 1 is 1.06 bits per heavy atom. The van der Waals surface area contributed by atoms with Crippen molar-refractivity contribution in [1.82, 2.24) is 14.5 Å². The minimum Gasteiger partial charge on any atom is -0.494 e. The molecule has 1 aliphatic heterocycles. The van der Waals surface area contributed by atoms with Gasteiger partial charge in [-0.05, 0) is 24.1 Å². The average molecular weight is 417 g/mol. The number of nitrogens with one attached hydrogen (secondary N) is 3. The van der Waals surface area contributed by atoms with E-state index in [-0.39, 0.29) is 24.0 Å². The number of quaternary nitrogens is 1. The minimum absolute atomic E-state index is 0.184. The van der Waals surface area contributed by atoms with Crippen molar-refractivity contribution in [1.29, 1.82) is 0 Å². The molecule has 31 heavy (non-hydrogen) atoms. The quantitative estimate of drug-likeness (QED) is 0.403. The Kier molecular flexibility index (Phi) is 4.75. The number of benzene rings is 2. The number of rotatable bonds is 4. The molecule has 3 heterocycles. The van der Waals surface area contributed by atoms with Gasteiger partial charge in [-0.1, -0.05) is 48.5 Å². The van der Waals surface area contributed by atoms with Crippen LogP contribution >= 0.6 is 0 Å². The zero-order chi connectivity index (χ0) is 21.5. The summed E-state index contributed by atoms with van der Waals surface area (Å²) in [6, 6.07) is 17.1.